The van der Waals surface area contributed by atoms with Crippen LogP contribution in [0.4, 0.5) is 0 Å². The molecule has 1 aromatic rings. The van der Waals surface area contributed by atoms with Gasteiger partial charge in [0, 0.05) is 31.5 Å². The number of nitrogens with zero attached hydrogens (tertiary/aromatic N) is 3. The molecule has 0 aromatic carbocycles. The molecule has 2 aliphatic heterocycles. The second kappa shape index (κ2) is 7.28. The molecule has 0 radical (unpaired) electrons. The molecule has 0 N–H and O–H groups in total. The Morgan fingerprint density at radius 3 is 2.22 bits per heavy atom. The van der Waals surface area contributed by atoms with Gasteiger partial charge in [0.05, 0.1) is 6.26 Å². The third-order valence-corrected chi connectivity index (χ3v) is 6.63. The van der Waals surface area contributed by atoms with Crippen molar-refractivity contribution in [1.82, 2.24) is 14.2 Å². The SMILES string of the molecule is CS(=O)(=O)N1CCC(N2CCC(Cc3ccncc3)CC2)CC1. The first kappa shape index (κ1) is 16.9. The topological polar surface area (TPSA) is 53.5 Å². The van der Waals surface area contributed by atoms with Crippen molar-refractivity contribution in [2.45, 2.75) is 38.1 Å². The minimum absolute atomic E-state index is 0.565. The molecule has 0 bridgehead atoms. The van der Waals surface area contributed by atoms with Crippen LogP contribution in [0.15, 0.2) is 24.5 Å². The number of hydrogen-bond acceptors (Lipinski definition) is 4. The molecule has 0 atom stereocenters. The first-order valence-electron chi connectivity index (χ1n) is 8.60. The van der Waals surface area contributed by atoms with Crippen molar-refractivity contribution in [2.24, 2.45) is 5.92 Å². The normalized spacial score (nSPS) is 23.2. The van der Waals surface area contributed by atoms with E-state index in [4.69, 9.17) is 0 Å². The largest absolute Gasteiger partial charge is 0.300 e. The van der Waals surface area contributed by atoms with E-state index in [1.165, 1.54) is 24.7 Å². The zero-order valence-corrected chi connectivity index (χ0v) is 14.7. The van der Waals surface area contributed by atoms with Gasteiger partial charge in [-0.3, -0.25) is 4.98 Å². The van der Waals surface area contributed by atoms with Crippen molar-refractivity contribution in [3.63, 3.8) is 0 Å². The Morgan fingerprint density at radius 1 is 1.04 bits per heavy atom. The van der Waals surface area contributed by atoms with Crippen molar-refractivity contribution >= 4 is 10.0 Å². The summed E-state index contributed by atoms with van der Waals surface area (Å²) in [5, 5.41) is 0. The molecule has 2 fully saturated rings. The van der Waals surface area contributed by atoms with Gasteiger partial charge in [-0.05, 0) is 68.8 Å². The van der Waals surface area contributed by atoms with Gasteiger partial charge >= 0.3 is 0 Å². The molecule has 1 aromatic heterocycles. The fraction of sp³-hybridized carbons (Fsp3) is 0.706. The Labute approximate surface area is 139 Å². The minimum atomic E-state index is -3.01. The second-order valence-corrected chi connectivity index (χ2v) is 8.91. The van der Waals surface area contributed by atoms with Gasteiger partial charge in [0.1, 0.15) is 0 Å². The lowest BCUT2D eigenvalue weighted by molar-refractivity contribution is 0.0972. The van der Waals surface area contributed by atoms with E-state index in [1.807, 2.05) is 12.4 Å². The average molecular weight is 337 g/mol. The fourth-order valence-corrected chi connectivity index (χ4v) is 4.79. The van der Waals surface area contributed by atoms with Crippen LogP contribution < -0.4 is 0 Å². The Bertz CT molecular complexity index is 590. The summed E-state index contributed by atoms with van der Waals surface area (Å²) in [5.74, 6) is 0.768. The fourth-order valence-electron chi connectivity index (χ4n) is 3.91. The monoisotopic (exact) mass is 337 g/mol. The number of piperidine rings is 2. The summed E-state index contributed by atoms with van der Waals surface area (Å²) in [7, 11) is -3.01. The van der Waals surface area contributed by atoms with E-state index >= 15 is 0 Å². The molecule has 2 saturated heterocycles. The third-order valence-electron chi connectivity index (χ3n) is 5.33. The maximum Gasteiger partial charge on any atom is 0.211 e. The van der Waals surface area contributed by atoms with E-state index < -0.39 is 10.0 Å². The molecule has 128 valence electrons. The first-order chi connectivity index (χ1) is 11.0. The van der Waals surface area contributed by atoms with Crippen LogP contribution in [0.25, 0.3) is 0 Å². The summed E-state index contributed by atoms with van der Waals surface area (Å²) in [6.07, 6.45) is 10.7. The summed E-state index contributed by atoms with van der Waals surface area (Å²) in [6.45, 7) is 3.67. The van der Waals surface area contributed by atoms with E-state index in [0.717, 1.165) is 38.3 Å². The highest BCUT2D eigenvalue weighted by molar-refractivity contribution is 7.88. The summed E-state index contributed by atoms with van der Waals surface area (Å²) in [4.78, 5) is 6.67. The van der Waals surface area contributed by atoms with Crippen LogP contribution in [-0.2, 0) is 16.4 Å². The van der Waals surface area contributed by atoms with E-state index in [1.54, 1.807) is 4.31 Å². The lowest BCUT2D eigenvalue weighted by Crippen LogP contribution is -2.48. The molecular formula is C17H27N3O2S. The maximum absolute atomic E-state index is 11.6. The summed E-state index contributed by atoms with van der Waals surface area (Å²) >= 11 is 0. The number of pyridine rings is 1. The highest BCUT2D eigenvalue weighted by Gasteiger charge is 2.30. The molecule has 5 nitrogen and oxygen atoms in total. The van der Waals surface area contributed by atoms with Gasteiger partial charge < -0.3 is 4.90 Å². The molecule has 2 aliphatic rings. The van der Waals surface area contributed by atoms with E-state index in [-0.39, 0.29) is 0 Å². The maximum atomic E-state index is 11.6. The number of sulfonamides is 1. The van der Waals surface area contributed by atoms with Crippen LogP contribution >= 0.6 is 0 Å². The van der Waals surface area contributed by atoms with Crippen LogP contribution in [0.3, 0.4) is 0 Å². The van der Waals surface area contributed by atoms with Crippen molar-refractivity contribution < 1.29 is 8.42 Å². The molecule has 6 heteroatoms. The van der Waals surface area contributed by atoms with Gasteiger partial charge in [0.25, 0.3) is 0 Å². The van der Waals surface area contributed by atoms with Gasteiger partial charge in [-0.2, -0.15) is 0 Å². The Kier molecular flexibility index (Phi) is 5.34. The molecule has 3 rings (SSSR count). The van der Waals surface area contributed by atoms with Crippen LogP contribution in [0.2, 0.25) is 0 Å². The molecule has 0 unspecified atom stereocenters. The van der Waals surface area contributed by atoms with Gasteiger partial charge in [0.2, 0.25) is 10.0 Å². The second-order valence-electron chi connectivity index (χ2n) is 6.93. The van der Waals surface area contributed by atoms with Gasteiger partial charge in [-0.1, -0.05) is 0 Å². The van der Waals surface area contributed by atoms with E-state index in [9.17, 15) is 8.42 Å². The van der Waals surface area contributed by atoms with Crippen LogP contribution in [0, 0.1) is 5.92 Å². The van der Waals surface area contributed by atoms with Crippen LogP contribution in [0.1, 0.15) is 31.2 Å². The predicted octanol–water partition coefficient (Wildman–Crippen LogP) is 1.76. The zero-order chi connectivity index (χ0) is 16.3. The smallest absolute Gasteiger partial charge is 0.211 e. The highest BCUT2D eigenvalue weighted by atomic mass is 32.2. The average Bonchev–Trinajstić information content (AvgIpc) is 2.56. The zero-order valence-electron chi connectivity index (χ0n) is 13.9. The van der Waals surface area contributed by atoms with Gasteiger partial charge in [-0.25, -0.2) is 12.7 Å². The van der Waals surface area contributed by atoms with Crippen molar-refractivity contribution in [3.05, 3.63) is 30.1 Å². The van der Waals surface area contributed by atoms with Crippen LogP contribution in [0.5, 0.6) is 0 Å². The predicted molar refractivity (Wildman–Crippen MR) is 91.7 cm³/mol. The number of rotatable bonds is 4. The third kappa shape index (κ3) is 4.52. The number of aromatic nitrogens is 1. The van der Waals surface area contributed by atoms with Gasteiger partial charge in [-0.15, -0.1) is 0 Å². The number of likely N-dealkylation sites (tertiary alicyclic amines) is 1. The molecule has 0 aliphatic carbocycles. The molecule has 0 amide bonds. The molecule has 3 heterocycles. The molecule has 0 spiro atoms. The summed E-state index contributed by atoms with van der Waals surface area (Å²) in [6, 6.07) is 4.80. The Hall–Kier alpha value is -0.980. The van der Waals surface area contributed by atoms with Gasteiger partial charge in [0.15, 0.2) is 0 Å². The molecule has 0 saturated carbocycles. The van der Waals surface area contributed by atoms with E-state index in [2.05, 4.69) is 22.0 Å². The first-order valence-corrected chi connectivity index (χ1v) is 10.5. The summed E-state index contributed by atoms with van der Waals surface area (Å²) in [5.41, 5.74) is 1.39. The van der Waals surface area contributed by atoms with E-state index in [0.29, 0.717) is 19.1 Å². The summed E-state index contributed by atoms with van der Waals surface area (Å²) < 4.78 is 24.8. The highest BCUT2D eigenvalue weighted by Crippen LogP contribution is 2.26. The number of hydrogen-bond donors (Lipinski definition) is 0. The standard InChI is InChI=1S/C17H27N3O2S/c1-23(21,22)20-12-6-17(7-13-20)19-10-4-16(5-11-19)14-15-2-8-18-9-3-15/h2-3,8-9,16-17H,4-7,10-14H2,1H3. The van der Waals surface area contributed by atoms with Crippen LogP contribution in [-0.4, -0.2) is 61.1 Å². The Balaban J connectivity index is 1.45. The lowest BCUT2D eigenvalue weighted by Gasteiger charge is -2.41. The lowest BCUT2D eigenvalue weighted by atomic mass is 9.89. The van der Waals surface area contributed by atoms with Crippen molar-refractivity contribution in [2.75, 3.05) is 32.4 Å². The quantitative estimate of drug-likeness (QED) is 0.840. The van der Waals surface area contributed by atoms with Crippen molar-refractivity contribution in [3.8, 4) is 0 Å². The minimum Gasteiger partial charge on any atom is -0.300 e. The molecular weight excluding hydrogens is 310 g/mol. The molecule has 23 heavy (non-hydrogen) atoms. The Morgan fingerprint density at radius 2 is 1.65 bits per heavy atom. The van der Waals surface area contributed by atoms with Crippen molar-refractivity contribution in [1.29, 1.82) is 0 Å².